The number of nitrogens with zero attached hydrogens (tertiary/aromatic N) is 3. The van der Waals surface area contributed by atoms with E-state index in [2.05, 4.69) is 19.6 Å². The van der Waals surface area contributed by atoms with Crippen molar-refractivity contribution in [2.75, 3.05) is 16.8 Å². The number of fused-ring (bicyclic) bond motifs is 1. The molecule has 4 rings (SSSR count). The molecule has 0 saturated carbocycles. The molecule has 0 spiro atoms. The lowest BCUT2D eigenvalue weighted by Gasteiger charge is -2.18. The van der Waals surface area contributed by atoms with Gasteiger partial charge >= 0.3 is 0 Å². The fourth-order valence-electron chi connectivity index (χ4n) is 3.02. The van der Waals surface area contributed by atoms with E-state index in [-0.39, 0.29) is 22.6 Å². The number of carbonyl (C=O) groups is 1. The third-order valence-corrected chi connectivity index (χ3v) is 7.41. The molecular weight excluding hydrogens is 445 g/mol. The summed E-state index contributed by atoms with van der Waals surface area (Å²) in [6, 6.07) is 7.52. The number of carbonyl (C=O) groups excluding carboxylic acids is 1. The SMILES string of the molecule is C[C@@H](Oc1cc(Cl)ccc1Nc1ncnc2cc(N=S3(=O)CCC3)cc(F)c12)C(N)=O. The van der Waals surface area contributed by atoms with E-state index in [0.717, 1.165) is 6.42 Å². The molecule has 2 aromatic carbocycles. The first-order chi connectivity index (χ1) is 14.7. The average molecular weight is 464 g/mol. The van der Waals surface area contributed by atoms with Gasteiger partial charge in [-0.05, 0) is 31.5 Å². The first kappa shape index (κ1) is 21.3. The molecule has 31 heavy (non-hydrogen) atoms. The Labute approximate surface area is 183 Å². The number of primary amides is 1. The van der Waals surface area contributed by atoms with Gasteiger partial charge in [-0.25, -0.2) is 18.6 Å². The second-order valence-electron chi connectivity index (χ2n) is 7.10. The normalized spacial score (nSPS) is 15.7. The smallest absolute Gasteiger partial charge is 0.258 e. The Kier molecular flexibility index (Phi) is 5.67. The molecule has 1 aliphatic heterocycles. The highest BCUT2D eigenvalue weighted by molar-refractivity contribution is 7.95. The lowest BCUT2D eigenvalue weighted by Crippen LogP contribution is -2.30. The maximum atomic E-state index is 15.0. The Morgan fingerprint density at radius 1 is 1.32 bits per heavy atom. The van der Waals surface area contributed by atoms with Crippen molar-refractivity contribution in [3.05, 3.63) is 47.5 Å². The number of aromatic nitrogens is 2. The zero-order valence-electron chi connectivity index (χ0n) is 16.5. The molecule has 11 heteroatoms. The lowest BCUT2D eigenvalue weighted by atomic mass is 10.2. The van der Waals surface area contributed by atoms with Gasteiger partial charge in [-0.2, -0.15) is 4.36 Å². The molecule has 0 radical (unpaired) electrons. The number of halogens is 2. The summed E-state index contributed by atoms with van der Waals surface area (Å²) in [4.78, 5) is 19.7. The number of ether oxygens (including phenoxy) is 1. The minimum Gasteiger partial charge on any atom is -0.479 e. The van der Waals surface area contributed by atoms with E-state index >= 15 is 4.39 Å². The van der Waals surface area contributed by atoms with E-state index in [1.165, 1.54) is 25.4 Å². The number of rotatable bonds is 6. The molecule has 0 aliphatic carbocycles. The van der Waals surface area contributed by atoms with E-state index in [4.69, 9.17) is 22.1 Å². The fourth-order valence-corrected chi connectivity index (χ4v) is 4.64. The fraction of sp³-hybridized carbons (Fsp3) is 0.250. The van der Waals surface area contributed by atoms with Crippen LogP contribution in [0.5, 0.6) is 5.75 Å². The molecule has 3 aromatic rings. The second kappa shape index (κ2) is 8.27. The third-order valence-electron chi connectivity index (χ3n) is 4.77. The molecule has 1 aromatic heterocycles. The van der Waals surface area contributed by atoms with Gasteiger partial charge in [0.15, 0.2) is 6.10 Å². The minimum atomic E-state index is -2.28. The summed E-state index contributed by atoms with van der Waals surface area (Å²) in [7, 11) is -2.28. The van der Waals surface area contributed by atoms with Crippen molar-refractivity contribution in [1.82, 2.24) is 9.97 Å². The van der Waals surface area contributed by atoms with Crippen molar-refractivity contribution in [3.8, 4) is 5.75 Å². The van der Waals surface area contributed by atoms with Gasteiger partial charge in [0, 0.05) is 28.7 Å². The Morgan fingerprint density at radius 2 is 2.10 bits per heavy atom. The Morgan fingerprint density at radius 3 is 2.77 bits per heavy atom. The van der Waals surface area contributed by atoms with Crippen molar-refractivity contribution in [3.63, 3.8) is 0 Å². The van der Waals surface area contributed by atoms with Crippen LogP contribution in [0.15, 0.2) is 41.0 Å². The van der Waals surface area contributed by atoms with Crippen LogP contribution in [0, 0.1) is 5.82 Å². The number of hydrogen-bond acceptors (Lipinski definition) is 7. The van der Waals surface area contributed by atoms with E-state index in [9.17, 15) is 9.00 Å². The molecule has 162 valence electrons. The zero-order chi connectivity index (χ0) is 22.2. The molecule has 1 amide bonds. The summed E-state index contributed by atoms with van der Waals surface area (Å²) in [5, 5.41) is 3.52. The quantitative estimate of drug-likeness (QED) is 0.571. The lowest BCUT2D eigenvalue weighted by molar-refractivity contribution is -0.123. The van der Waals surface area contributed by atoms with Gasteiger partial charge in [0.05, 0.1) is 32.0 Å². The van der Waals surface area contributed by atoms with Crippen LogP contribution >= 0.6 is 11.6 Å². The summed E-state index contributed by atoms with van der Waals surface area (Å²) in [6.45, 7) is 1.50. The molecule has 1 aliphatic rings. The topological polar surface area (TPSA) is 120 Å². The first-order valence-electron chi connectivity index (χ1n) is 9.43. The van der Waals surface area contributed by atoms with Gasteiger partial charge in [0.25, 0.3) is 5.91 Å². The van der Waals surface area contributed by atoms with Crippen molar-refractivity contribution >= 4 is 55.3 Å². The Hall–Kier alpha value is -2.98. The molecule has 1 fully saturated rings. The van der Waals surface area contributed by atoms with Gasteiger partial charge in [0.2, 0.25) is 0 Å². The molecule has 8 nitrogen and oxygen atoms in total. The van der Waals surface area contributed by atoms with E-state index in [1.54, 1.807) is 18.2 Å². The predicted octanol–water partition coefficient (Wildman–Crippen LogP) is 3.92. The van der Waals surface area contributed by atoms with Crippen LogP contribution in [-0.4, -0.2) is 37.7 Å². The third kappa shape index (κ3) is 4.54. The van der Waals surface area contributed by atoms with Gasteiger partial charge in [-0.1, -0.05) is 11.6 Å². The summed E-state index contributed by atoms with van der Waals surface area (Å²) in [6.07, 6.45) is 1.23. The molecule has 1 saturated heterocycles. The number of nitrogens with one attached hydrogen (secondary N) is 1. The van der Waals surface area contributed by atoms with Gasteiger partial charge < -0.3 is 15.8 Å². The summed E-state index contributed by atoms with van der Waals surface area (Å²) < 4.78 is 37.2. The Bertz CT molecular complexity index is 1300. The van der Waals surface area contributed by atoms with Crippen molar-refractivity contribution in [2.24, 2.45) is 10.1 Å². The van der Waals surface area contributed by atoms with Crippen molar-refractivity contribution in [2.45, 2.75) is 19.4 Å². The van der Waals surface area contributed by atoms with Crippen molar-refractivity contribution in [1.29, 1.82) is 0 Å². The summed E-state index contributed by atoms with van der Waals surface area (Å²) in [5.74, 6) is 0.216. The largest absolute Gasteiger partial charge is 0.479 e. The number of anilines is 2. The summed E-state index contributed by atoms with van der Waals surface area (Å²) in [5.41, 5.74) is 6.27. The Balaban J connectivity index is 1.74. The zero-order valence-corrected chi connectivity index (χ0v) is 18.0. The number of benzene rings is 2. The monoisotopic (exact) mass is 463 g/mol. The molecule has 0 bridgehead atoms. The van der Waals surface area contributed by atoms with Crippen LogP contribution in [0.3, 0.4) is 0 Å². The van der Waals surface area contributed by atoms with Crippen molar-refractivity contribution < 1.29 is 18.1 Å². The summed E-state index contributed by atoms with van der Waals surface area (Å²) >= 11 is 6.05. The molecule has 2 heterocycles. The molecular formula is C20H19ClFN5O3S. The van der Waals surface area contributed by atoms with E-state index < -0.39 is 27.6 Å². The molecule has 3 N–H and O–H groups in total. The van der Waals surface area contributed by atoms with Gasteiger partial charge in [-0.15, -0.1) is 0 Å². The van der Waals surface area contributed by atoms with Crippen LogP contribution in [0.4, 0.5) is 21.6 Å². The van der Waals surface area contributed by atoms with Crippen LogP contribution in [0.2, 0.25) is 5.02 Å². The van der Waals surface area contributed by atoms with Crippen LogP contribution < -0.4 is 15.8 Å². The first-order valence-corrected chi connectivity index (χ1v) is 11.7. The van der Waals surface area contributed by atoms with Gasteiger partial charge in [-0.3, -0.25) is 4.79 Å². The highest BCUT2D eigenvalue weighted by Gasteiger charge is 2.20. The standard InChI is InChI=1S/C20H19ClFN5O3S/c1-11(19(23)28)30-17-7-12(21)3-4-15(17)26-20-18-14(22)8-13(9-16(18)24-10-25-20)27-31(29)5-2-6-31/h3-4,7-11H,2,5-6H2,1H3,(H2,23,28)(H,24,25,26)/t11-/m1/s1. The van der Waals surface area contributed by atoms with Crippen LogP contribution in [-0.2, 0) is 14.5 Å². The highest BCUT2D eigenvalue weighted by Crippen LogP contribution is 2.35. The molecule has 0 unspecified atom stereocenters. The number of hydrogen-bond donors (Lipinski definition) is 2. The molecule has 1 atom stereocenters. The number of nitrogens with two attached hydrogens (primary N) is 1. The maximum Gasteiger partial charge on any atom is 0.258 e. The van der Waals surface area contributed by atoms with Crippen LogP contribution in [0.1, 0.15) is 13.3 Å². The average Bonchev–Trinajstić information content (AvgIpc) is 2.68. The van der Waals surface area contributed by atoms with Crippen LogP contribution in [0.25, 0.3) is 10.9 Å². The van der Waals surface area contributed by atoms with E-state index in [1.807, 2.05) is 0 Å². The minimum absolute atomic E-state index is 0.133. The highest BCUT2D eigenvalue weighted by atomic mass is 35.5. The van der Waals surface area contributed by atoms with Gasteiger partial charge in [0.1, 0.15) is 23.7 Å². The second-order valence-corrected chi connectivity index (χ2v) is 10.1. The maximum absolute atomic E-state index is 15.0. The predicted molar refractivity (Wildman–Crippen MR) is 118 cm³/mol. The van der Waals surface area contributed by atoms with E-state index in [0.29, 0.717) is 27.7 Å². The number of amides is 1.